The highest BCUT2D eigenvalue weighted by molar-refractivity contribution is 14.0. The van der Waals surface area contributed by atoms with E-state index in [1.807, 2.05) is 20.8 Å². The number of guanidine groups is 1. The number of carbonyl (C=O) groups is 1. The number of carbonyl (C=O) groups excluding carboxylic acids is 1. The van der Waals surface area contributed by atoms with E-state index in [9.17, 15) is 4.79 Å². The van der Waals surface area contributed by atoms with Gasteiger partial charge in [0.15, 0.2) is 5.96 Å². The monoisotopic (exact) mass is 481 g/mol. The molecule has 0 aromatic carbocycles. The molecule has 2 aliphatic rings. The smallest absolute Gasteiger partial charge is 0.410 e. The van der Waals surface area contributed by atoms with Crippen molar-refractivity contribution in [2.75, 3.05) is 40.3 Å². The van der Waals surface area contributed by atoms with Crippen LogP contribution < -0.4 is 10.6 Å². The summed E-state index contributed by atoms with van der Waals surface area (Å²) in [6.07, 6.45) is 5.13. The molecule has 0 aromatic rings. The molecule has 0 aromatic heterocycles. The van der Waals surface area contributed by atoms with E-state index in [2.05, 4.69) is 27.6 Å². The first-order chi connectivity index (χ1) is 11.8. The molecule has 1 aliphatic carbocycles. The lowest BCUT2D eigenvalue weighted by Gasteiger charge is -2.40. The maximum Gasteiger partial charge on any atom is 0.410 e. The molecule has 2 N–H and O–H groups in total. The molecule has 8 heteroatoms. The lowest BCUT2D eigenvalue weighted by atomic mass is 10.1. The Bertz CT molecular complexity index is 469. The first-order valence-corrected chi connectivity index (χ1v) is 9.44. The quantitative estimate of drug-likeness (QED) is 0.358. The molecule has 0 spiro atoms. The third kappa shape index (κ3) is 7.46. The van der Waals surface area contributed by atoms with Gasteiger partial charge in [0.2, 0.25) is 0 Å². The van der Waals surface area contributed by atoms with Crippen LogP contribution in [0, 0.1) is 0 Å². The minimum Gasteiger partial charge on any atom is -0.444 e. The van der Waals surface area contributed by atoms with Crippen LogP contribution >= 0.6 is 24.0 Å². The van der Waals surface area contributed by atoms with E-state index in [0.29, 0.717) is 13.1 Å². The van der Waals surface area contributed by atoms with E-state index in [1.54, 1.807) is 11.9 Å². The molecule has 0 radical (unpaired) electrons. The third-order valence-corrected chi connectivity index (χ3v) is 4.80. The number of likely N-dealkylation sites (N-methyl/N-ethyl adjacent to an activating group) is 1. The highest BCUT2D eigenvalue weighted by Crippen LogP contribution is 2.21. The van der Waals surface area contributed by atoms with Crippen LogP contribution in [0.15, 0.2) is 4.99 Å². The Kier molecular flexibility index (Phi) is 9.43. The van der Waals surface area contributed by atoms with Crippen molar-refractivity contribution in [3.8, 4) is 0 Å². The van der Waals surface area contributed by atoms with E-state index >= 15 is 0 Å². The molecular weight excluding hydrogens is 445 g/mol. The summed E-state index contributed by atoms with van der Waals surface area (Å²) in [5.74, 6) is 0.800. The molecule has 1 saturated carbocycles. The average molecular weight is 481 g/mol. The molecule has 0 bridgehead atoms. The van der Waals surface area contributed by atoms with E-state index in [1.165, 1.54) is 25.7 Å². The first kappa shape index (κ1) is 23.3. The van der Waals surface area contributed by atoms with Gasteiger partial charge in [0, 0.05) is 39.3 Å². The number of ether oxygens (including phenoxy) is 1. The molecule has 1 saturated heterocycles. The SMILES string of the molecule is CN=C(NCCN(C)C1CCCC1)NC1CN(C(=O)OC(C)(C)C)C1.I. The summed E-state index contributed by atoms with van der Waals surface area (Å²) >= 11 is 0. The summed E-state index contributed by atoms with van der Waals surface area (Å²) in [4.78, 5) is 20.4. The maximum atomic E-state index is 11.9. The fourth-order valence-electron chi connectivity index (χ4n) is 3.31. The van der Waals surface area contributed by atoms with Gasteiger partial charge in [-0.25, -0.2) is 4.79 Å². The highest BCUT2D eigenvalue weighted by Gasteiger charge is 2.34. The maximum absolute atomic E-state index is 11.9. The second-order valence-corrected chi connectivity index (χ2v) is 8.14. The van der Waals surface area contributed by atoms with Crippen LogP contribution in [0.25, 0.3) is 0 Å². The van der Waals surface area contributed by atoms with Gasteiger partial charge in [0.1, 0.15) is 5.60 Å². The third-order valence-electron chi connectivity index (χ3n) is 4.80. The Labute approximate surface area is 175 Å². The van der Waals surface area contributed by atoms with Crippen LogP contribution in [0.3, 0.4) is 0 Å². The van der Waals surface area contributed by atoms with Gasteiger partial charge in [-0.1, -0.05) is 12.8 Å². The van der Waals surface area contributed by atoms with E-state index in [-0.39, 0.29) is 36.1 Å². The average Bonchev–Trinajstić information content (AvgIpc) is 3.00. The Morgan fingerprint density at radius 1 is 1.27 bits per heavy atom. The van der Waals surface area contributed by atoms with Crippen molar-refractivity contribution in [3.63, 3.8) is 0 Å². The summed E-state index contributed by atoms with van der Waals surface area (Å²) < 4.78 is 5.37. The lowest BCUT2D eigenvalue weighted by molar-refractivity contribution is 0.00701. The Morgan fingerprint density at radius 2 is 1.88 bits per heavy atom. The molecule has 2 rings (SSSR count). The number of nitrogens with zero attached hydrogens (tertiary/aromatic N) is 3. The Balaban J connectivity index is 0.00000338. The molecular formula is C18H36IN5O2. The first-order valence-electron chi connectivity index (χ1n) is 9.44. The van der Waals surface area contributed by atoms with Gasteiger partial charge in [0.25, 0.3) is 0 Å². The number of hydrogen-bond donors (Lipinski definition) is 2. The molecule has 1 aliphatic heterocycles. The fraction of sp³-hybridized carbons (Fsp3) is 0.889. The van der Waals surface area contributed by atoms with E-state index < -0.39 is 5.60 Å². The number of rotatable bonds is 5. The molecule has 1 heterocycles. The fourth-order valence-corrected chi connectivity index (χ4v) is 3.31. The van der Waals surface area contributed by atoms with Crippen LogP contribution in [-0.2, 0) is 4.74 Å². The molecule has 26 heavy (non-hydrogen) atoms. The minimum absolute atomic E-state index is 0. The van der Waals surface area contributed by atoms with Crippen molar-refractivity contribution < 1.29 is 9.53 Å². The minimum atomic E-state index is -0.446. The van der Waals surface area contributed by atoms with Crippen LogP contribution in [-0.4, -0.2) is 79.8 Å². The summed E-state index contributed by atoms with van der Waals surface area (Å²) in [6, 6.07) is 0.970. The number of amides is 1. The zero-order valence-electron chi connectivity index (χ0n) is 16.9. The van der Waals surface area contributed by atoms with Crippen molar-refractivity contribution in [1.82, 2.24) is 20.4 Å². The lowest BCUT2D eigenvalue weighted by Crippen LogP contribution is -2.63. The van der Waals surface area contributed by atoms with Crippen LogP contribution in [0.1, 0.15) is 46.5 Å². The van der Waals surface area contributed by atoms with Crippen LogP contribution in [0.5, 0.6) is 0 Å². The zero-order valence-corrected chi connectivity index (χ0v) is 19.2. The van der Waals surface area contributed by atoms with Crippen molar-refractivity contribution >= 4 is 36.0 Å². The Morgan fingerprint density at radius 3 is 2.42 bits per heavy atom. The molecule has 1 amide bonds. The predicted octanol–water partition coefficient (Wildman–Crippen LogP) is 2.26. The standard InChI is InChI=1S/C18H35N5O2.HI/c1-18(2,3)25-17(24)23-12-14(13-23)21-16(19-4)20-10-11-22(5)15-8-6-7-9-15;/h14-15H,6-13H2,1-5H3,(H2,19,20,21);1H. The van der Waals surface area contributed by atoms with Gasteiger partial charge >= 0.3 is 6.09 Å². The van der Waals surface area contributed by atoms with Crippen molar-refractivity contribution in [3.05, 3.63) is 0 Å². The topological polar surface area (TPSA) is 69.2 Å². The molecule has 7 nitrogen and oxygen atoms in total. The normalized spacial score (nSPS) is 19.2. The van der Waals surface area contributed by atoms with Crippen molar-refractivity contribution in [2.24, 2.45) is 4.99 Å². The molecule has 0 atom stereocenters. The van der Waals surface area contributed by atoms with Gasteiger partial charge in [-0.15, -0.1) is 24.0 Å². The zero-order chi connectivity index (χ0) is 18.4. The molecule has 152 valence electrons. The summed E-state index contributed by atoms with van der Waals surface area (Å²) in [5, 5.41) is 6.73. The van der Waals surface area contributed by atoms with E-state index in [0.717, 1.165) is 25.1 Å². The summed E-state index contributed by atoms with van der Waals surface area (Å²) in [6.45, 7) is 8.84. The van der Waals surface area contributed by atoms with Gasteiger partial charge in [-0.3, -0.25) is 4.99 Å². The summed E-state index contributed by atoms with van der Waals surface area (Å²) in [7, 11) is 3.98. The number of nitrogens with one attached hydrogen (secondary N) is 2. The largest absolute Gasteiger partial charge is 0.444 e. The number of likely N-dealkylation sites (tertiary alicyclic amines) is 1. The van der Waals surface area contributed by atoms with E-state index in [4.69, 9.17) is 4.74 Å². The summed E-state index contributed by atoms with van der Waals surface area (Å²) in [5.41, 5.74) is -0.446. The van der Waals surface area contributed by atoms with Crippen LogP contribution in [0.2, 0.25) is 0 Å². The molecule has 0 unspecified atom stereocenters. The highest BCUT2D eigenvalue weighted by atomic mass is 127. The van der Waals surface area contributed by atoms with Gasteiger partial charge in [-0.05, 0) is 40.7 Å². The van der Waals surface area contributed by atoms with Crippen molar-refractivity contribution in [2.45, 2.75) is 64.1 Å². The second-order valence-electron chi connectivity index (χ2n) is 8.14. The second kappa shape index (κ2) is 10.5. The van der Waals surface area contributed by atoms with Crippen molar-refractivity contribution in [1.29, 1.82) is 0 Å². The van der Waals surface area contributed by atoms with Gasteiger partial charge < -0.3 is 25.2 Å². The predicted molar refractivity (Wildman–Crippen MR) is 116 cm³/mol. The van der Waals surface area contributed by atoms with Crippen LogP contribution in [0.4, 0.5) is 4.79 Å². The number of halogens is 1. The Hall–Kier alpha value is -0.770. The number of aliphatic imine (C=N–C) groups is 1. The van der Waals surface area contributed by atoms with Gasteiger partial charge in [-0.2, -0.15) is 0 Å². The number of hydrogen-bond acceptors (Lipinski definition) is 4. The molecule has 2 fully saturated rings. The van der Waals surface area contributed by atoms with Gasteiger partial charge in [0.05, 0.1) is 6.04 Å².